The van der Waals surface area contributed by atoms with Crippen molar-refractivity contribution in [1.29, 1.82) is 0 Å². The standard InChI is InChI=1S/C13H25NO4/c1-9(2)8-13(6,10(15)17-7)14-11(16)18-12(3,4)5/h9H,8H2,1-7H3,(H,14,16)/t13-/m0/s1. The Kier molecular flexibility index (Phi) is 5.64. The molecule has 0 unspecified atom stereocenters. The Morgan fingerprint density at radius 2 is 1.67 bits per heavy atom. The number of amides is 1. The molecule has 0 aromatic carbocycles. The molecule has 0 aliphatic heterocycles. The maximum Gasteiger partial charge on any atom is 0.408 e. The van der Waals surface area contributed by atoms with Crippen LogP contribution in [0.2, 0.25) is 0 Å². The minimum atomic E-state index is -1.06. The first-order valence-corrected chi connectivity index (χ1v) is 6.10. The smallest absolute Gasteiger partial charge is 0.408 e. The normalized spacial score (nSPS) is 14.9. The highest BCUT2D eigenvalue weighted by molar-refractivity contribution is 5.85. The summed E-state index contributed by atoms with van der Waals surface area (Å²) in [4.78, 5) is 23.5. The fourth-order valence-electron chi connectivity index (χ4n) is 1.76. The van der Waals surface area contributed by atoms with Gasteiger partial charge in [0.2, 0.25) is 0 Å². The highest BCUT2D eigenvalue weighted by Crippen LogP contribution is 2.19. The molecule has 0 heterocycles. The molecule has 0 aromatic rings. The van der Waals surface area contributed by atoms with Crippen molar-refractivity contribution in [1.82, 2.24) is 5.32 Å². The summed E-state index contributed by atoms with van der Waals surface area (Å²) >= 11 is 0. The molecule has 1 N–H and O–H groups in total. The van der Waals surface area contributed by atoms with Crippen LogP contribution in [0.1, 0.15) is 48.0 Å². The average molecular weight is 259 g/mol. The molecule has 0 rings (SSSR count). The van der Waals surface area contributed by atoms with Gasteiger partial charge in [0.25, 0.3) is 0 Å². The van der Waals surface area contributed by atoms with Gasteiger partial charge < -0.3 is 14.8 Å². The van der Waals surface area contributed by atoms with Gasteiger partial charge in [0, 0.05) is 0 Å². The van der Waals surface area contributed by atoms with E-state index >= 15 is 0 Å². The maximum absolute atomic E-state index is 11.8. The van der Waals surface area contributed by atoms with Gasteiger partial charge in [-0.05, 0) is 40.0 Å². The molecule has 0 fully saturated rings. The minimum Gasteiger partial charge on any atom is -0.467 e. The first kappa shape index (κ1) is 16.7. The highest BCUT2D eigenvalue weighted by Gasteiger charge is 2.38. The van der Waals surface area contributed by atoms with Crippen molar-refractivity contribution in [3.63, 3.8) is 0 Å². The van der Waals surface area contributed by atoms with Gasteiger partial charge in [-0.25, -0.2) is 9.59 Å². The van der Waals surface area contributed by atoms with Crippen molar-refractivity contribution in [2.45, 2.75) is 59.1 Å². The second-order valence-corrected chi connectivity index (χ2v) is 6.05. The van der Waals surface area contributed by atoms with Gasteiger partial charge in [0.1, 0.15) is 11.1 Å². The number of esters is 1. The predicted octanol–water partition coefficient (Wildman–Crippen LogP) is 2.49. The van der Waals surface area contributed by atoms with Crippen LogP contribution in [0.25, 0.3) is 0 Å². The zero-order chi connectivity index (χ0) is 14.6. The molecule has 106 valence electrons. The second kappa shape index (κ2) is 6.07. The van der Waals surface area contributed by atoms with Gasteiger partial charge in [0.05, 0.1) is 7.11 Å². The molecule has 5 heteroatoms. The number of rotatable bonds is 4. The third kappa shape index (κ3) is 5.89. The van der Waals surface area contributed by atoms with E-state index < -0.39 is 23.2 Å². The molecule has 0 radical (unpaired) electrons. The van der Waals surface area contributed by atoms with E-state index in [0.717, 1.165) is 0 Å². The van der Waals surface area contributed by atoms with Crippen molar-refractivity contribution < 1.29 is 19.1 Å². The summed E-state index contributed by atoms with van der Waals surface area (Å²) in [5, 5.41) is 2.60. The maximum atomic E-state index is 11.8. The topological polar surface area (TPSA) is 64.6 Å². The molecular weight excluding hydrogens is 234 g/mol. The number of carbonyl (C=O) groups is 2. The summed E-state index contributed by atoms with van der Waals surface area (Å²) in [6.07, 6.45) is -0.130. The first-order chi connectivity index (χ1) is 8.00. The number of methoxy groups -OCH3 is 1. The predicted molar refractivity (Wildman–Crippen MR) is 69.2 cm³/mol. The van der Waals surface area contributed by atoms with Gasteiger partial charge in [0.15, 0.2) is 0 Å². The molecule has 1 atom stereocenters. The van der Waals surface area contributed by atoms with Crippen molar-refractivity contribution in [3.05, 3.63) is 0 Å². The van der Waals surface area contributed by atoms with E-state index in [9.17, 15) is 9.59 Å². The lowest BCUT2D eigenvalue weighted by molar-refractivity contribution is -0.148. The summed E-state index contributed by atoms with van der Waals surface area (Å²) < 4.78 is 9.89. The van der Waals surface area contributed by atoms with E-state index in [1.807, 2.05) is 13.8 Å². The first-order valence-electron chi connectivity index (χ1n) is 6.10. The van der Waals surface area contributed by atoms with E-state index in [1.54, 1.807) is 27.7 Å². The summed E-state index contributed by atoms with van der Waals surface area (Å²) in [6.45, 7) is 10.9. The Bertz CT molecular complexity index is 307. The van der Waals surface area contributed by atoms with Gasteiger partial charge >= 0.3 is 12.1 Å². The summed E-state index contributed by atoms with van der Waals surface area (Å²) in [7, 11) is 1.30. The second-order valence-electron chi connectivity index (χ2n) is 6.05. The number of alkyl carbamates (subject to hydrolysis) is 1. The van der Waals surface area contributed by atoms with Crippen molar-refractivity contribution in [2.75, 3.05) is 7.11 Å². The van der Waals surface area contributed by atoms with Crippen LogP contribution < -0.4 is 5.32 Å². The zero-order valence-electron chi connectivity index (χ0n) is 12.4. The van der Waals surface area contributed by atoms with Crippen LogP contribution >= 0.6 is 0 Å². The largest absolute Gasteiger partial charge is 0.467 e. The molecule has 5 nitrogen and oxygen atoms in total. The SMILES string of the molecule is COC(=O)[C@](C)(CC(C)C)NC(=O)OC(C)(C)C. The van der Waals surface area contributed by atoms with Crippen LogP contribution in [-0.4, -0.2) is 30.3 Å². The Morgan fingerprint density at radius 1 is 1.17 bits per heavy atom. The Hall–Kier alpha value is -1.26. The summed E-state index contributed by atoms with van der Waals surface area (Å²) in [5.41, 5.74) is -1.66. The van der Waals surface area contributed by atoms with Crippen LogP contribution in [0.3, 0.4) is 0 Å². The zero-order valence-corrected chi connectivity index (χ0v) is 12.4. The van der Waals surface area contributed by atoms with Crippen molar-refractivity contribution in [2.24, 2.45) is 5.92 Å². The lowest BCUT2D eigenvalue weighted by Crippen LogP contribution is -2.54. The lowest BCUT2D eigenvalue weighted by atomic mass is 9.91. The summed E-state index contributed by atoms with van der Waals surface area (Å²) in [6, 6.07) is 0. The van der Waals surface area contributed by atoms with Crippen LogP contribution in [0.5, 0.6) is 0 Å². The molecule has 0 aliphatic rings. The van der Waals surface area contributed by atoms with E-state index in [4.69, 9.17) is 9.47 Å². The molecule has 0 aliphatic carbocycles. The fraction of sp³-hybridized carbons (Fsp3) is 0.846. The lowest BCUT2D eigenvalue weighted by Gasteiger charge is -2.30. The van der Waals surface area contributed by atoms with E-state index in [-0.39, 0.29) is 5.92 Å². The van der Waals surface area contributed by atoms with Crippen LogP contribution in [0.4, 0.5) is 4.79 Å². The fourth-order valence-corrected chi connectivity index (χ4v) is 1.76. The van der Waals surface area contributed by atoms with Crippen molar-refractivity contribution in [3.8, 4) is 0 Å². The molecule has 0 spiro atoms. The van der Waals surface area contributed by atoms with Crippen LogP contribution in [0.15, 0.2) is 0 Å². The molecule has 0 saturated heterocycles. The van der Waals surface area contributed by atoms with E-state index in [2.05, 4.69) is 5.32 Å². The van der Waals surface area contributed by atoms with Crippen molar-refractivity contribution >= 4 is 12.1 Å². The third-order valence-electron chi connectivity index (χ3n) is 2.23. The van der Waals surface area contributed by atoms with Gasteiger partial charge in [-0.2, -0.15) is 0 Å². The van der Waals surface area contributed by atoms with E-state index in [0.29, 0.717) is 6.42 Å². The monoisotopic (exact) mass is 259 g/mol. The molecular formula is C13H25NO4. The molecule has 0 bridgehead atoms. The molecule has 0 saturated carbocycles. The molecule has 18 heavy (non-hydrogen) atoms. The van der Waals surface area contributed by atoms with E-state index in [1.165, 1.54) is 7.11 Å². The number of ether oxygens (including phenoxy) is 2. The number of nitrogens with one attached hydrogen (secondary N) is 1. The number of hydrogen-bond acceptors (Lipinski definition) is 4. The number of carbonyl (C=O) groups excluding carboxylic acids is 2. The minimum absolute atomic E-state index is 0.240. The highest BCUT2D eigenvalue weighted by atomic mass is 16.6. The van der Waals surface area contributed by atoms with Crippen LogP contribution in [-0.2, 0) is 14.3 Å². The van der Waals surface area contributed by atoms with Crippen LogP contribution in [0, 0.1) is 5.92 Å². The molecule has 1 amide bonds. The van der Waals surface area contributed by atoms with Gasteiger partial charge in [-0.15, -0.1) is 0 Å². The average Bonchev–Trinajstić information content (AvgIpc) is 2.11. The number of hydrogen-bond donors (Lipinski definition) is 1. The Labute approximate surface area is 109 Å². The Morgan fingerprint density at radius 3 is 2.00 bits per heavy atom. The van der Waals surface area contributed by atoms with Gasteiger partial charge in [-0.1, -0.05) is 13.8 Å². The third-order valence-corrected chi connectivity index (χ3v) is 2.23. The van der Waals surface area contributed by atoms with Gasteiger partial charge in [-0.3, -0.25) is 0 Å². The summed E-state index contributed by atoms with van der Waals surface area (Å²) in [5.74, 6) is -0.230. The quantitative estimate of drug-likeness (QED) is 0.788. The Balaban J connectivity index is 4.80. The molecule has 0 aromatic heterocycles.